The van der Waals surface area contributed by atoms with Crippen molar-refractivity contribution < 1.29 is 70.8 Å². The third kappa shape index (κ3) is 2.92. The van der Waals surface area contributed by atoms with Crippen molar-refractivity contribution in [1.29, 1.82) is 0 Å². The molecule has 0 heterocycles. The van der Waals surface area contributed by atoms with E-state index in [2.05, 4.69) is 4.74 Å². The molecule has 0 radical (unpaired) electrons. The van der Waals surface area contributed by atoms with Gasteiger partial charge in [-0.15, -0.1) is 0 Å². The van der Waals surface area contributed by atoms with Gasteiger partial charge in [-0.2, -0.15) is 0 Å². The molecule has 0 fully saturated rings. The molecule has 0 spiro atoms. The van der Waals surface area contributed by atoms with Crippen molar-refractivity contribution in [3.8, 4) is 0 Å². The number of fused-ring (bicyclic) bond motifs is 1. The predicted molar refractivity (Wildman–Crippen MR) is 58.7 cm³/mol. The maximum atomic E-state index is 11.8. The number of esters is 1. The number of carbonyl (C=O) groups is 2. The SMILES string of the molecule is CCOC(=O)/C([O-])=C1\C(=O)Cc2ccccc21.[K+]. The summed E-state index contributed by atoms with van der Waals surface area (Å²) in [6, 6.07) is 6.98. The van der Waals surface area contributed by atoms with Crippen LogP contribution in [-0.4, -0.2) is 18.4 Å². The van der Waals surface area contributed by atoms with Crippen LogP contribution in [0, 0.1) is 0 Å². The molecule has 0 N–H and O–H groups in total. The third-order valence-corrected chi connectivity index (χ3v) is 2.60. The first-order valence-corrected chi connectivity index (χ1v) is 5.35. The minimum atomic E-state index is -0.965. The Morgan fingerprint density at radius 2 is 2.06 bits per heavy atom. The van der Waals surface area contributed by atoms with Gasteiger partial charge < -0.3 is 9.84 Å². The average molecular weight is 270 g/mol. The summed E-state index contributed by atoms with van der Waals surface area (Å²) in [6.07, 6.45) is 0.177. The van der Waals surface area contributed by atoms with Crippen molar-refractivity contribution in [2.75, 3.05) is 6.61 Å². The van der Waals surface area contributed by atoms with Crippen molar-refractivity contribution in [2.24, 2.45) is 0 Å². The van der Waals surface area contributed by atoms with Gasteiger partial charge in [-0.05, 0) is 23.8 Å². The van der Waals surface area contributed by atoms with Crippen LogP contribution in [0.1, 0.15) is 18.1 Å². The Balaban J connectivity index is 0.00000162. The standard InChI is InChI=1S/C13H12O4.K/c1-2-17-13(16)12(15)11-9-6-4-3-5-8(9)7-10(11)14;/h3-6,15H,2,7H2,1H3;/q;+1/p-1/b12-11+;. The molecule has 0 aromatic heterocycles. The molecule has 4 nitrogen and oxygen atoms in total. The summed E-state index contributed by atoms with van der Waals surface area (Å²) in [5, 5.41) is 11.8. The molecule has 2 rings (SSSR count). The summed E-state index contributed by atoms with van der Waals surface area (Å²) in [5.74, 6) is -2.13. The number of carbonyl (C=O) groups excluding carboxylic acids is 2. The molecule has 0 unspecified atom stereocenters. The second-order valence-electron chi connectivity index (χ2n) is 3.68. The first-order valence-electron chi connectivity index (χ1n) is 5.35. The molecule has 0 saturated carbocycles. The van der Waals surface area contributed by atoms with Gasteiger partial charge in [-0.1, -0.05) is 24.3 Å². The Morgan fingerprint density at radius 3 is 2.72 bits per heavy atom. The summed E-state index contributed by atoms with van der Waals surface area (Å²) in [5.41, 5.74) is 1.29. The molecule has 0 atom stereocenters. The molecule has 1 aromatic rings. The summed E-state index contributed by atoms with van der Waals surface area (Å²) in [4.78, 5) is 23.1. The molecular weight excluding hydrogens is 259 g/mol. The maximum absolute atomic E-state index is 11.8. The minimum Gasteiger partial charge on any atom is -0.867 e. The van der Waals surface area contributed by atoms with Crippen molar-refractivity contribution in [1.82, 2.24) is 0 Å². The van der Waals surface area contributed by atoms with Gasteiger partial charge in [0.2, 0.25) is 0 Å². The Labute approximate surface area is 147 Å². The van der Waals surface area contributed by atoms with Crippen LogP contribution in [-0.2, 0) is 20.7 Å². The molecule has 0 amide bonds. The normalized spacial score (nSPS) is 15.7. The molecule has 0 saturated heterocycles. The van der Waals surface area contributed by atoms with E-state index in [1.807, 2.05) is 0 Å². The number of benzene rings is 1. The average Bonchev–Trinajstić information content (AvgIpc) is 2.64. The Hall–Kier alpha value is -0.464. The van der Waals surface area contributed by atoms with E-state index in [-0.39, 0.29) is 75.8 Å². The van der Waals surface area contributed by atoms with Crippen molar-refractivity contribution in [3.05, 3.63) is 41.2 Å². The third-order valence-electron chi connectivity index (χ3n) is 2.60. The molecule has 1 aromatic carbocycles. The minimum absolute atomic E-state index is 0. The molecule has 0 aliphatic heterocycles. The van der Waals surface area contributed by atoms with E-state index >= 15 is 0 Å². The van der Waals surface area contributed by atoms with E-state index in [0.717, 1.165) is 5.56 Å². The Bertz CT molecular complexity index is 519. The number of ether oxygens (including phenoxy) is 1. The molecule has 1 aliphatic carbocycles. The zero-order chi connectivity index (χ0) is 12.4. The van der Waals surface area contributed by atoms with E-state index in [4.69, 9.17) is 0 Å². The first kappa shape index (κ1) is 15.6. The fourth-order valence-electron chi connectivity index (χ4n) is 1.88. The first-order chi connectivity index (χ1) is 8.15. The fourth-order valence-corrected chi connectivity index (χ4v) is 1.88. The van der Waals surface area contributed by atoms with Crippen molar-refractivity contribution in [3.63, 3.8) is 0 Å². The molecule has 88 valence electrons. The number of allylic oxidation sites excluding steroid dienone is 1. The van der Waals surface area contributed by atoms with Gasteiger partial charge in [0.05, 0.1) is 6.61 Å². The number of ketones is 1. The summed E-state index contributed by atoms with van der Waals surface area (Å²) < 4.78 is 4.62. The van der Waals surface area contributed by atoms with Gasteiger partial charge in [-0.3, -0.25) is 4.79 Å². The van der Waals surface area contributed by atoms with Crippen LogP contribution < -0.4 is 56.5 Å². The molecule has 1 aliphatic rings. The van der Waals surface area contributed by atoms with Crippen LogP contribution in [0.25, 0.3) is 5.57 Å². The van der Waals surface area contributed by atoms with E-state index in [1.165, 1.54) is 0 Å². The smallest absolute Gasteiger partial charge is 0.867 e. The van der Waals surface area contributed by atoms with Gasteiger partial charge in [-0.25, -0.2) is 4.79 Å². The van der Waals surface area contributed by atoms with Crippen LogP contribution in [0.3, 0.4) is 0 Å². The van der Waals surface area contributed by atoms with Crippen LogP contribution in [0.15, 0.2) is 30.0 Å². The summed E-state index contributed by atoms with van der Waals surface area (Å²) in [7, 11) is 0. The molecule has 0 bridgehead atoms. The van der Waals surface area contributed by atoms with E-state index in [0.29, 0.717) is 5.56 Å². The summed E-state index contributed by atoms with van der Waals surface area (Å²) in [6.45, 7) is 1.73. The van der Waals surface area contributed by atoms with E-state index in [9.17, 15) is 14.7 Å². The maximum Gasteiger partial charge on any atom is 1.00 e. The largest absolute Gasteiger partial charge is 1.00 e. The van der Waals surface area contributed by atoms with Crippen LogP contribution >= 0.6 is 0 Å². The Kier molecular flexibility index (Phi) is 5.74. The van der Waals surface area contributed by atoms with Gasteiger partial charge in [0, 0.05) is 12.0 Å². The van der Waals surface area contributed by atoms with Crippen LogP contribution in [0.2, 0.25) is 0 Å². The number of Topliss-reactive ketones (excluding diaryl/α,β-unsaturated/α-hetero) is 1. The zero-order valence-corrected chi connectivity index (χ0v) is 13.5. The van der Waals surface area contributed by atoms with Gasteiger partial charge in [0.25, 0.3) is 0 Å². The van der Waals surface area contributed by atoms with Crippen LogP contribution in [0.4, 0.5) is 0 Å². The van der Waals surface area contributed by atoms with Crippen LogP contribution in [0.5, 0.6) is 0 Å². The Morgan fingerprint density at radius 1 is 1.39 bits per heavy atom. The molecule has 5 heteroatoms. The monoisotopic (exact) mass is 270 g/mol. The summed E-state index contributed by atoms with van der Waals surface area (Å²) >= 11 is 0. The second-order valence-corrected chi connectivity index (χ2v) is 3.68. The fraction of sp³-hybridized carbons (Fsp3) is 0.231. The number of hydrogen-bond acceptors (Lipinski definition) is 4. The predicted octanol–water partition coefficient (Wildman–Crippen LogP) is -2.55. The zero-order valence-electron chi connectivity index (χ0n) is 10.4. The van der Waals surface area contributed by atoms with Gasteiger partial charge in [0.1, 0.15) is 0 Å². The quantitative estimate of drug-likeness (QED) is 0.257. The van der Waals surface area contributed by atoms with Crippen molar-refractivity contribution >= 4 is 17.3 Å². The topological polar surface area (TPSA) is 66.4 Å². The van der Waals surface area contributed by atoms with Gasteiger partial charge in [0.15, 0.2) is 5.78 Å². The van der Waals surface area contributed by atoms with Gasteiger partial charge >= 0.3 is 57.4 Å². The molecule has 18 heavy (non-hydrogen) atoms. The van der Waals surface area contributed by atoms with E-state index < -0.39 is 11.7 Å². The second kappa shape index (κ2) is 6.63. The van der Waals surface area contributed by atoms with E-state index in [1.54, 1.807) is 31.2 Å². The number of rotatable bonds is 2. The van der Waals surface area contributed by atoms with Crippen molar-refractivity contribution in [2.45, 2.75) is 13.3 Å². The molecular formula is C13H11KO4. The number of hydrogen-bond donors (Lipinski definition) is 0.